The molecule has 1 aromatic carbocycles. The Balaban J connectivity index is 1.55. The first kappa shape index (κ1) is 21.2. The molecule has 0 aromatic heterocycles. The third-order valence-electron chi connectivity index (χ3n) is 7.30. The van der Waals surface area contributed by atoms with Gasteiger partial charge in [-0.2, -0.15) is 0 Å². The zero-order valence-electron chi connectivity index (χ0n) is 18.0. The van der Waals surface area contributed by atoms with E-state index in [9.17, 15) is 0 Å². The lowest BCUT2D eigenvalue weighted by atomic mass is 9.68. The zero-order valence-corrected chi connectivity index (χ0v) is 18.0. The summed E-state index contributed by atoms with van der Waals surface area (Å²) < 4.78 is 5.84. The Morgan fingerprint density at radius 1 is 0.929 bits per heavy atom. The first-order valence-electron chi connectivity index (χ1n) is 11.7. The molecule has 0 N–H and O–H groups in total. The first-order valence-corrected chi connectivity index (χ1v) is 11.7. The van der Waals surface area contributed by atoms with Crippen molar-refractivity contribution in [3.63, 3.8) is 0 Å². The molecule has 0 saturated heterocycles. The Morgan fingerprint density at radius 3 is 2.21 bits per heavy atom. The highest BCUT2D eigenvalue weighted by atomic mass is 16.5. The van der Waals surface area contributed by atoms with E-state index >= 15 is 0 Å². The normalized spacial score (nSPS) is 27.9. The molecule has 28 heavy (non-hydrogen) atoms. The Morgan fingerprint density at radius 2 is 1.61 bits per heavy atom. The minimum Gasteiger partial charge on any atom is -0.489 e. The van der Waals surface area contributed by atoms with Crippen molar-refractivity contribution in [2.45, 2.75) is 83.5 Å². The molecule has 154 valence electrons. The first-order chi connectivity index (χ1) is 13.7. The average molecular weight is 381 g/mol. The zero-order chi connectivity index (χ0) is 19.8. The van der Waals surface area contributed by atoms with Gasteiger partial charge < -0.3 is 4.74 Å². The van der Waals surface area contributed by atoms with Crippen molar-refractivity contribution in [3.05, 3.63) is 54.6 Å². The van der Waals surface area contributed by atoms with Crippen LogP contribution in [0.15, 0.2) is 43.5 Å². The fourth-order valence-electron chi connectivity index (χ4n) is 5.74. The molecule has 1 heteroatoms. The minimum absolute atomic E-state index is 0.565. The summed E-state index contributed by atoms with van der Waals surface area (Å²) in [5.41, 5.74) is 2.78. The van der Waals surface area contributed by atoms with Gasteiger partial charge in [-0.3, -0.25) is 0 Å². The van der Waals surface area contributed by atoms with Crippen LogP contribution in [0, 0.1) is 17.8 Å². The molecule has 2 aliphatic carbocycles. The monoisotopic (exact) mass is 380 g/mol. The van der Waals surface area contributed by atoms with Crippen LogP contribution in [-0.4, -0.2) is 6.61 Å². The molecule has 2 saturated carbocycles. The van der Waals surface area contributed by atoms with Crippen molar-refractivity contribution >= 4 is 0 Å². The fraction of sp³-hybridized carbons (Fsp3) is 0.630. The number of rotatable bonds is 9. The molecule has 2 fully saturated rings. The summed E-state index contributed by atoms with van der Waals surface area (Å²) in [6.07, 6.45) is 19.1. The predicted molar refractivity (Wildman–Crippen MR) is 121 cm³/mol. The Hall–Kier alpha value is -1.50. The lowest BCUT2D eigenvalue weighted by Crippen LogP contribution is -2.25. The van der Waals surface area contributed by atoms with Gasteiger partial charge in [0, 0.05) is 0 Å². The molecule has 0 bridgehead atoms. The van der Waals surface area contributed by atoms with Crippen molar-refractivity contribution in [2.24, 2.45) is 17.8 Å². The molecule has 0 amide bonds. The number of allylic oxidation sites excluding steroid dienone is 1. The molecule has 0 unspecified atom stereocenters. The van der Waals surface area contributed by atoms with Gasteiger partial charge in [0.05, 0.1) is 0 Å². The third-order valence-corrected chi connectivity index (χ3v) is 7.30. The smallest absolute Gasteiger partial charge is 0.123 e. The van der Waals surface area contributed by atoms with Gasteiger partial charge in [0.15, 0.2) is 0 Å². The SMILES string of the molecule is C=CCOc1ccc(C2CCC(C3CCC(CCC)CC3)CC2)cc1CC=C. The topological polar surface area (TPSA) is 9.23 Å². The van der Waals surface area contributed by atoms with Crippen molar-refractivity contribution in [3.8, 4) is 5.75 Å². The van der Waals surface area contributed by atoms with Gasteiger partial charge in [-0.15, -0.1) is 6.58 Å². The lowest BCUT2D eigenvalue weighted by molar-refractivity contribution is 0.156. The van der Waals surface area contributed by atoms with E-state index in [0.717, 1.165) is 35.8 Å². The van der Waals surface area contributed by atoms with Crippen molar-refractivity contribution in [1.82, 2.24) is 0 Å². The predicted octanol–water partition coefficient (Wildman–Crippen LogP) is 7.86. The number of benzene rings is 1. The second-order valence-electron chi connectivity index (χ2n) is 9.14. The van der Waals surface area contributed by atoms with Crippen LogP contribution in [0.2, 0.25) is 0 Å². The van der Waals surface area contributed by atoms with E-state index in [1.165, 1.54) is 75.3 Å². The summed E-state index contributed by atoms with van der Waals surface area (Å²) in [6, 6.07) is 6.84. The molecular weight excluding hydrogens is 340 g/mol. The second kappa shape index (κ2) is 10.9. The van der Waals surface area contributed by atoms with Crippen LogP contribution in [-0.2, 0) is 6.42 Å². The van der Waals surface area contributed by atoms with Crippen LogP contribution in [0.25, 0.3) is 0 Å². The molecule has 1 nitrogen and oxygen atoms in total. The number of hydrogen-bond donors (Lipinski definition) is 0. The third kappa shape index (κ3) is 5.52. The van der Waals surface area contributed by atoms with E-state index in [-0.39, 0.29) is 0 Å². The van der Waals surface area contributed by atoms with Crippen LogP contribution in [0.1, 0.15) is 88.2 Å². The Kier molecular flexibility index (Phi) is 8.25. The van der Waals surface area contributed by atoms with Crippen LogP contribution in [0.4, 0.5) is 0 Å². The molecule has 2 aliphatic rings. The molecule has 1 aromatic rings. The van der Waals surface area contributed by atoms with Gasteiger partial charge in [-0.05, 0) is 85.8 Å². The standard InChI is InChI=1S/C27H40O/c1-4-7-21-9-11-22(12-10-21)23-13-15-24(16-14-23)25-17-18-27(28-19-6-3)26(20-25)8-5-2/h5-6,17-18,20-24H,2-4,7-16,19H2,1H3. The summed E-state index contributed by atoms with van der Waals surface area (Å²) in [5.74, 6) is 4.75. The molecular formula is C27H40O. The van der Waals surface area contributed by atoms with Gasteiger partial charge in [0.1, 0.15) is 12.4 Å². The Labute approximate surface area is 173 Å². The number of ether oxygens (including phenoxy) is 1. The van der Waals surface area contributed by atoms with Crippen LogP contribution < -0.4 is 4.74 Å². The number of hydrogen-bond acceptors (Lipinski definition) is 1. The van der Waals surface area contributed by atoms with Gasteiger partial charge >= 0.3 is 0 Å². The minimum atomic E-state index is 0.565. The average Bonchev–Trinajstić information content (AvgIpc) is 2.74. The van der Waals surface area contributed by atoms with Crippen molar-refractivity contribution in [2.75, 3.05) is 6.61 Å². The van der Waals surface area contributed by atoms with E-state index in [1.807, 2.05) is 12.2 Å². The maximum absolute atomic E-state index is 5.84. The van der Waals surface area contributed by atoms with Crippen LogP contribution in [0.5, 0.6) is 5.75 Å². The van der Waals surface area contributed by atoms with Crippen LogP contribution >= 0.6 is 0 Å². The largest absolute Gasteiger partial charge is 0.489 e. The van der Waals surface area contributed by atoms with Gasteiger partial charge in [-0.1, -0.05) is 63.5 Å². The maximum Gasteiger partial charge on any atom is 0.123 e. The Bertz CT molecular complexity index is 615. The van der Waals surface area contributed by atoms with Crippen LogP contribution in [0.3, 0.4) is 0 Å². The highest BCUT2D eigenvalue weighted by Crippen LogP contribution is 2.44. The lowest BCUT2D eigenvalue weighted by Gasteiger charge is -2.38. The summed E-state index contributed by atoms with van der Waals surface area (Å²) in [5, 5.41) is 0. The summed E-state index contributed by atoms with van der Waals surface area (Å²) >= 11 is 0. The summed E-state index contributed by atoms with van der Waals surface area (Å²) in [6.45, 7) is 10.6. The van der Waals surface area contributed by atoms with Gasteiger partial charge in [0.2, 0.25) is 0 Å². The van der Waals surface area contributed by atoms with Crippen molar-refractivity contribution in [1.29, 1.82) is 0 Å². The van der Waals surface area contributed by atoms with Gasteiger partial charge in [0.25, 0.3) is 0 Å². The summed E-state index contributed by atoms with van der Waals surface area (Å²) in [4.78, 5) is 0. The second-order valence-corrected chi connectivity index (χ2v) is 9.14. The molecule has 3 rings (SSSR count). The molecule has 0 radical (unpaired) electrons. The molecule has 0 aliphatic heterocycles. The molecule has 0 spiro atoms. The summed E-state index contributed by atoms with van der Waals surface area (Å²) in [7, 11) is 0. The highest BCUT2D eigenvalue weighted by molar-refractivity contribution is 5.40. The maximum atomic E-state index is 5.84. The van der Waals surface area contributed by atoms with E-state index < -0.39 is 0 Å². The van der Waals surface area contributed by atoms with E-state index in [1.54, 1.807) is 0 Å². The fourth-order valence-corrected chi connectivity index (χ4v) is 5.74. The van der Waals surface area contributed by atoms with Gasteiger partial charge in [-0.25, -0.2) is 0 Å². The van der Waals surface area contributed by atoms with E-state index in [0.29, 0.717) is 6.61 Å². The molecule has 0 atom stereocenters. The van der Waals surface area contributed by atoms with Crippen molar-refractivity contribution < 1.29 is 4.74 Å². The quantitative estimate of drug-likeness (QED) is 0.396. The highest BCUT2D eigenvalue weighted by Gasteiger charge is 2.31. The molecule has 0 heterocycles. The van der Waals surface area contributed by atoms with E-state index in [2.05, 4.69) is 38.3 Å². The van der Waals surface area contributed by atoms with E-state index in [4.69, 9.17) is 4.74 Å².